The molecule has 0 fully saturated rings. The van der Waals surface area contributed by atoms with Crippen molar-refractivity contribution in [1.82, 2.24) is 25.9 Å². The Morgan fingerprint density at radius 2 is 1.66 bits per heavy atom. The summed E-state index contributed by atoms with van der Waals surface area (Å²) in [5.41, 5.74) is 11.6. The molecule has 1 heterocycles. The van der Waals surface area contributed by atoms with Crippen molar-refractivity contribution >= 4 is 29.6 Å². The number of nitrogens with zero attached hydrogens (tertiary/aromatic N) is 1. The van der Waals surface area contributed by atoms with Gasteiger partial charge in [-0.2, -0.15) is 0 Å². The highest BCUT2D eigenvalue weighted by atomic mass is 16.4. The van der Waals surface area contributed by atoms with Crippen LogP contribution in [0.15, 0.2) is 12.5 Å². The highest BCUT2D eigenvalue weighted by molar-refractivity contribution is 5.96. The van der Waals surface area contributed by atoms with Gasteiger partial charge in [0.2, 0.25) is 23.6 Å². The van der Waals surface area contributed by atoms with E-state index in [2.05, 4.69) is 25.9 Å². The third kappa shape index (κ3) is 8.34. The number of aromatic nitrogens is 2. The molecular weight excluding hydrogens is 422 g/mol. The number of aromatic amines is 1. The van der Waals surface area contributed by atoms with Crippen LogP contribution in [0.1, 0.15) is 39.3 Å². The first-order valence-electron chi connectivity index (χ1n) is 10.1. The van der Waals surface area contributed by atoms with Crippen molar-refractivity contribution in [3.63, 3.8) is 0 Å². The van der Waals surface area contributed by atoms with Crippen molar-refractivity contribution in [1.29, 1.82) is 0 Å². The number of imidazole rings is 1. The molecule has 0 saturated heterocycles. The van der Waals surface area contributed by atoms with E-state index in [1.54, 1.807) is 6.92 Å². The van der Waals surface area contributed by atoms with Gasteiger partial charge in [-0.05, 0) is 12.8 Å². The molecule has 178 valence electrons. The maximum Gasteiger partial charge on any atom is 0.325 e. The molecule has 1 aromatic heterocycles. The molecule has 0 aliphatic heterocycles. The van der Waals surface area contributed by atoms with E-state index in [0.717, 1.165) is 0 Å². The van der Waals surface area contributed by atoms with Crippen LogP contribution in [-0.2, 0) is 30.4 Å². The van der Waals surface area contributed by atoms with Crippen molar-refractivity contribution in [2.75, 3.05) is 0 Å². The number of carbonyl (C=O) groups is 5. The van der Waals surface area contributed by atoms with E-state index in [-0.39, 0.29) is 12.3 Å². The number of carboxylic acids is 1. The Bertz CT molecular complexity index is 813. The Hall–Kier alpha value is -3.48. The fraction of sp³-hybridized carbons (Fsp3) is 0.579. The zero-order valence-electron chi connectivity index (χ0n) is 18.3. The van der Waals surface area contributed by atoms with E-state index >= 15 is 0 Å². The molecule has 4 amide bonds. The van der Waals surface area contributed by atoms with Gasteiger partial charge in [0.05, 0.1) is 18.8 Å². The van der Waals surface area contributed by atoms with Crippen molar-refractivity contribution in [2.24, 2.45) is 17.4 Å². The van der Waals surface area contributed by atoms with E-state index < -0.39 is 60.2 Å². The van der Waals surface area contributed by atoms with Crippen molar-refractivity contribution in [3.8, 4) is 0 Å². The molecule has 5 unspecified atom stereocenters. The summed E-state index contributed by atoms with van der Waals surface area (Å²) in [6.45, 7) is 4.88. The van der Waals surface area contributed by atoms with Crippen LogP contribution in [-0.4, -0.2) is 68.8 Å². The fourth-order valence-corrected chi connectivity index (χ4v) is 2.66. The molecule has 13 heteroatoms. The van der Waals surface area contributed by atoms with Crippen LogP contribution in [0.4, 0.5) is 0 Å². The fourth-order valence-electron chi connectivity index (χ4n) is 2.66. The Balaban J connectivity index is 3.02. The molecule has 0 aliphatic carbocycles. The van der Waals surface area contributed by atoms with Gasteiger partial charge < -0.3 is 37.5 Å². The molecule has 5 atom stereocenters. The van der Waals surface area contributed by atoms with E-state index in [1.165, 1.54) is 19.4 Å². The van der Waals surface area contributed by atoms with Gasteiger partial charge in [-0.25, -0.2) is 4.98 Å². The SMILES string of the molecule is CCC(C)C(N)C(=O)NC(CC(N)=O)C(=O)NC(Cc1cnc[nH]1)C(=O)NC(C)C(=O)O. The molecule has 32 heavy (non-hydrogen) atoms. The third-order valence-electron chi connectivity index (χ3n) is 4.94. The lowest BCUT2D eigenvalue weighted by Crippen LogP contribution is -2.58. The van der Waals surface area contributed by atoms with Crippen LogP contribution in [0, 0.1) is 5.92 Å². The maximum atomic E-state index is 12.8. The Labute approximate surface area is 185 Å². The molecule has 9 N–H and O–H groups in total. The van der Waals surface area contributed by atoms with Gasteiger partial charge in [0, 0.05) is 18.3 Å². The smallest absolute Gasteiger partial charge is 0.325 e. The standard InChI is InChI=1S/C19H31N7O6/c1-4-9(2)15(21)18(30)26-13(6-14(20)27)17(29)25-12(5-11-7-22-8-23-11)16(28)24-10(3)19(31)32/h7-10,12-13,15H,4-6,21H2,1-3H3,(H2,20,27)(H,22,23)(H,24,28)(H,25,29)(H,26,30)(H,31,32). The molecule has 0 radical (unpaired) electrons. The summed E-state index contributed by atoms with van der Waals surface area (Å²) < 4.78 is 0. The number of carboxylic acid groups (broad SMARTS) is 1. The second kappa shape index (κ2) is 12.4. The number of hydrogen-bond acceptors (Lipinski definition) is 7. The molecule has 13 nitrogen and oxygen atoms in total. The number of H-pyrrole nitrogens is 1. The van der Waals surface area contributed by atoms with Crippen LogP contribution in [0.2, 0.25) is 0 Å². The first-order chi connectivity index (χ1) is 15.0. The number of aliphatic carboxylic acids is 1. The quantitative estimate of drug-likeness (QED) is 0.172. The van der Waals surface area contributed by atoms with E-state index in [0.29, 0.717) is 12.1 Å². The molecule has 0 aliphatic rings. The van der Waals surface area contributed by atoms with Gasteiger partial charge in [0.15, 0.2) is 0 Å². The number of hydrogen-bond donors (Lipinski definition) is 7. The highest BCUT2D eigenvalue weighted by Crippen LogP contribution is 2.07. The first kappa shape index (κ1) is 26.6. The van der Waals surface area contributed by atoms with Gasteiger partial charge >= 0.3 is 5.97 Å². The largest absolute Gasteiger partial charge is 0.480 e. The summed E-state index contributed by atoms with van der Waals surface area (Å²) in [5, 5.41) is 16.1. The van der Waals surface area contributed by atoms with Crippen LogP contribution < -0.4 is 27.4 Å². The number of carbonyl (C=O) groups excluding carboxylic acids is 4. The van der Waals surface area contributed by atoms with Gasteiger partial charge in [-0.15, -0.1) is 0 Å². The van der Waals surface area contributed by atoms with Crippen LogP contribution in [0.25, 0.3) is 0 Å². The minimum Gasteiger partial charge on any atom is -0.480 e. The lowest BCUT2D eigenvalue weighted by atomic mass is 9.99. The average Bonchev–Trinajstić information content (AvgIpc) is 3.23. The molecule has 0 spiro atoms. The number of primary amides is 1. The van der Waals surface area contributed by atoms with Crippen LogP contribution in [0.5, 0.6) is 0 Å². The lowest BCUT2D eigenvalue weighted by molar-refractivity contribution is -0.142. The number of amides is 4. The molecule has 0 saturated carbocycles. The Kier molecular flexibility index (Phi) is 10.3. The normalized spacial score (nSPS) is 15.5. The summed E-state index contributed by atoms with van der Waals surface area (Å²) in [4.78, 5) is 67.0. The maximum absolute atomic E-state index is 12.8. The zero-order valence-corrected chi connectivity index (χ0v) is 18.3. The van der Waals surface area contributed by atoms with E-state index in [1.807, 2.05) is 6.92 Å². The average molecular weight is 454 g/mol. The van der Waals surface area contributed by atoms with E-state index in [9.17, 15) is 24.0 Å². The van der Waals surface area contributed by atoms with Gasteiger partial charge in [-0.1, -0.05) is 20.3 Å². The van der Waals surface area contributed by atoms with Crippen LogP contribution in [0.3, 0.4) is 0 Å². The summed E-state index contributed by atoms with van der Waals surface area (Å²) in [6, 6.07) is -4.72. The number of nitrogens with one attached hydrogen (secondary N) is 4. The number of rotatable bonds is 13. The predicted octanol–water partition coefficient (Wildman–Crippen LogP) is -2.24. The van der Waals surface area contributed by atoms with Crippen molar-refractivity contribution < 1.29 is 29.1 Å². The summed E-state index contributed by atoms with van der Waals surface area (Å²) in [6.07, 6.45) is 2.86. The topological polar surface area (TPSA) is 222 Å². The molecule has 0 aromatic carbocycles. The Morgan fingerprint density at radius 3 is 2.16 bits per heavy atom. The molecule has 0 bridgehead atoms. The number of nitrogens with two attached hydrogens (primary N) is 2. The van der Waals surface area contributed by atoms with E-state index in [4.69, 9.17) is 16.6 Å². The summed E-state index contributed by atoms with van der Waals surface area (Å²) in [7, 11) is 0. The second-order valence-corrected chi connectivity index (χ2v) is 7.55. The molecule has 1 rings (SSSR count). The van der Waals surface area contributed by atoms with Crippen molar-refractivity contribution in [3.05, 3.63) is 18.2 Å². The zero-order chi connectivity index (χ0) is 24.4. The first-order valence-corrected chi connectivity index (χ1v) is 10.1. The monoisotopic (exact) mass is 453 g/mol. The third-order valence-corrected chi connectivity index (χ3v) is 4.94. The van der Waals surface area contributed by atoms with Gasteiger partial charge in [-0.3, -0.25) is 24.0 Å². The summed E-state index contributed by atoms with van der Waals surface area (Å²) >= 11 is 0. The highest BCUT2D eigenvalue weighted by Gasteiger charge is 2.31. The van der Waals surface area contributed by atoms with Crippen molar-refractivity contribution in [2.45, 2.75) is 64.2 Å². The predicted molar refractivity (Wildman–Crippen MR) is 113 cm³/mol. The van der Waals surface area contributed by atoms with Crippen LogP contribution >= 0.6 is 0 Å². The lowest BCUT2D eigenvalue weighted by Gasteiger charge is -2.25. The second-order valence-electron chi connectivity index (χ2n) is 7.55. The summed E-state index contributed by atoms with van der Waals surface area (Å²) in [5.74, 6) is -4.56. The van der Waals surface area contributed by atoms with Gasteiger partial charge in [0.25, 0.3) is 0 Å². The Morgan fingerprint density at radius 1 is 1.06 bits per heavy atom. The minimum atomic E-state index is -1.37. The molecule has 1 aromatic rings. The molecular formula is C19H31N7O6. The van der Waals surface area contributed by atoms with Gasteiger partial charge in [0.1, 0.15) is 18.1 Å². The minimum absolute atomic E-state index is 0.0481.